The molecule has 0 bridgehead atoms. The van der Waals surface area contributed by atoms with Gasteiger partial charge in [-0.25, -0.2) is 8.78 Å². The van der Waals surface area contributed by atoms with Crippen molar-refractivity contribution in [3.8, 4) is 0 Å². The summed E-state index contributed by atoms with van der Waals surface area (Å²) in [6.45, 7) is 3.62. The summed E-state index contributed by atoms with van der Waals surface area (Å²) in [5.41, 5.74) is 5.27. The minimum atomic E-state index is -0.666. The fourth-order valence-corrected chi connectivity index (χ4v) is 2.67. The Bertz CT molecular complexity index is 507. The number of nitrogens with one attached hydrogen (secondary N) is 3. The molecule has 2 rings (SSSR count). The van der Waals surface area contributed by atoms with Gasteiger partial charge in [0.25, 0.3) is 0 Å². The molecule has 0 atom stereocenters. The monoisotopic (exact) mass is 311 g/mol. The molecule has 3 nitrogen and oxygen atoms in total. The van der Waals surface area contributed by atoms with Gasteiger partial charge in [0.15, 0.2) is 5.11 Å². The van der Waals surface area contributed by atoms with Crippen molar-refractivity contribution in [1.29, 1.82) is 0 Å². The molecule has 3 N–H and O–H groups in total. The highest BCUT2D eigenvalue weighted by atomic mass is 32.1. The molecule has 0 amide bonds. The maximum absolute atomic E-state index is 13.6. The van der Waals surface area contributed by atoms with Gasteiger partial charge < -0.3 is 5.32 Å². The van der Waals surface area contributed by atoms with E-state index in [4.69, 9.17) is 12.2 Å². The van der Waals surface area contributed by atoms with Crippen molar-refractivity contribution in [3.05, 3.63) is 42.0 Å². The minimum Gasteiger partial charge on any atom is -0.359 e. The smallest absolute Gasteiger partial charge is 0.185 e. The molecule has 1 aliphatic rings. The molecular formula is C15H19F2N3S. The van der Waals surface area contributed by atoms with Crippen LogP contribution in [0.3, 0.4) is 0 Å². The second kappa shape index (κ2) is 7.36. The molecule has 0 aliphatic heterocycles. The molecule has 114 valence electrons. The van der Waals surface area contributed by atoms with Gasteiger partial charge in [0.2, 0.25) is 0 Å². The van der Waals surface area contributed by atoms with Crippen LogP contribution >= 0.6 is 12.2 Å². The third kappa shape index (κ3) is 4.39. The number of rotatable bonds is 4. The van der Waals surface area contributed by atoms with Crippen molar-refractivity contribution in [2.24, 2.45) is 0 Å². The van der Waals surface area contributed by atoms with Crippen LogP contribution in [0.4, 0.5) is 8.78 Å². The Morgan fingerprint density at radius 2 is 1.71 bits per heavy atom. The summed E-state index contributed by atoms with van der Waals surface area (Å²) in [5.74, 6) is -1.33. The van der Waals surface area contributed by atoms with Gasteiger partial charge in [-0.3, -0.25) is 10.9 Å². The second-order valence-electron chi connectivity index (χ2n) is 5.13. The molecule has 6 heteroatoms. The van der Waals surface area contributed by atoms with Crippen LogP contribution in [-0.2, 0) is 0 Å². The maximum Gasteiger partial charge on any atom is 0.185 e. The Kier molecular flexibility index (Phi) is 5.50. The van der Waals surface area contributed by atoms with Gasteiger partial charge >= 0.3 is 0 Å². The number of hydrogen-bond acceptors (Lipinski definition) is 2. The first kappa shape index (κ1) is 15.7. The minimum absolute atomic E-state index is 0.0957. The maximum atomic E-state index is 13.6. The lowest BCUT2D eigenvalue weighted by molar-refractivity contribution is 0.411. The van der Waals surface area contributed by atoms with E-state index >= 15 is 0 Å². The molecule has 1 fully saturated rings. The number of thiocarbonyl (C=S) groups is 1. The second-order valence-corrected chi connectivity index (χ2v) is 5.54. The van der Waals surface area contributed by atoms with Gasteiger partial charge in [-0.05, 0) is 37.2 Å². The normalized spacial score (nSPS) is 15.3. The molecule has 0 saturated heterocycles. The van der Waals surface area contributed by atoms with Crippen LogP contribution in [0.1, 0.15) is 37.7 Å². The average molecular weight is 311 g/mol. The van der Waals surface area contributed by atoms with Crippen LogP contribution in [-0.4, -0.2) is 11.2 Å². The fraction of sp³-hybridized carbons (Fsp3) is 0.400. The van der Waals surface area contributed by atoms with Gasteiger partial charge in [0.05, 0.1) is 11.3 Å². The standard InChI is InChI=1S/C15H19F2N3S/c1-10(14-12(16)8-5-9-13(14)17)19-20-15(21)18-11-6-3-2-4-7-11/h5,8-9,11,19H,1-4,6-7H2,(H2,18,20,21). The van der Waals surface area contributed by atoms with E-state index in [-0.39, 0.29) is 11.3 Å². The number of hydrazine groups is 1. The first-order chi connectivity index (χ1) is 10.1. The molecule has 21 heavy (non-hydrogen) atoms. The van der Waals surface area contributed by atoms with Gasteiger partial charge in [-0.1, -0.05) is 31.9 Å². The lowest BCUT2D eigenvalue weighted by Crippen LogP contribution is -2.47. The van der Waals surface area contributed by atoms with Crippen LogP contribution < -0.4 is 16.2 Å². The van der Waals surface area contributed by atoms with E-state index in [0.29, 0.717) is 11.2 Å². The summed E-state index contributed by atoms with van der Waals surface area (Å²) in [6.07, 6.45) is 5.83. The molecule has 0 aromatic heterocycles. The van der Waals surface area contributed by atoms with Gasteiger partial charge in [0.1, 0.15) is 11.6 Å². The summed E-state index contributed by atoms with van der Waals surface area (Å²) in [4.78, 5) is 0. The summed E-state index contributed by atoms with van der Waals surface area (Å²) < 4.78 is 27.2. The van der Waals surface area contributed by atoms with Gasteiger partial charge in [-0.2, -0.15) is 0 Å². The topological polar surface area (TPSA) is 36.1 Å². The largest absolute Gasteiger partial charge is 0.359 e. The highest BCUT2D eigenvalue weighted by Gasteiger charge is 2.15. The molecule has 0 heterocycles. The quantitative estimate of drug-likeness (QED) is 0.589. The van der Waals surface area contributed by atoms with Crippen LogP contribution in [0.25, 0.3) is 5.70 Å². The lowest BCUT2D eigenvalue weighted by atomic mass is 9.96. The summed E-state index contributed by atoms with van der Waals surface area (Å²) in [6, 6.07) is 4.04. The Labute approximate surface area is 128 Å². The molecule has 1 aliphatic carbocycles. The first-order valence-electron chi connectivity index (χ1n) is 7.03. The van der Waals surface area contributed by atoms with E-state index in [1.165, 1.54) is 37.5 Å². The van der Waals surface area contributed by atoms with Crippen molar-refractivity contribution in [2.75, 3.05) is 0 Å². The third-order valence-electron chi connectivity index (χ3n) is 3.53. The van der Waals surface area contributed by atoms with Crippen molar-refractivity contribution in [3.63, 3.8) is 0 Å². The van der Waals surface area contributed by atoms with E-state index < -0.39 is 11.6 Å². The van der Waals surface area contributed by atoms with Crippen LogP contribution in [0.5, 0.6) is 0 Å². The highest BCUT2D eigenvalue weighted by Crippen LogP contribution is 2.18. The average Bonchev–Trinajstić information content (AvgIpc) is 2.46. The zero-order valence-electron chi connectivity index (χ0n) is 11.7. The van der Waals surface area contributed by atoms with Crippen LogP contribution in [0.15, 0.2) is 24.8 Å². The zero-order valence-corrected chi connectivity index (χ0v) is 12.5. The summed E-state index contributed by atoms with van der Waals surface area (Å²) in [5, 5.41) is 3.59. The molecule has 1 saturated carbocycles. The summed E-state index contributed by atoms with van der Waals surface area (Å²) in [7, 11) is 0. The molecular weight excluding hydrogens is 292 g/mol. The number of benzene rings is 1. The third-order valence-corrected chi connectivity index (χ3v) is 3.75. The highest BCUT2D eigenvalue weighted by molar-refractivity contribution is 7.80. The first-order valence-corrected chi connectivity index (χ1v) is 7.44. The van der Waals surface area contributed by atoms with E-state index in [1.54, 1.807) is 0 Å². The fourth-order valence-electron chi connectivity index (χ4n) is 2.45. The van der Waals surface area contributed by atoms with E-state index in [1.807, 2.05) is 0 Å². The van der Waals surface area contributed by atoms with Crippen molar-refractivity contribution in [2.45, 2.75) is 38.1 Å². The molecule has 0 unspecified atom stereocenters. The van der Waals surface area contributed by atoms with Crippen molar-refractivity contribution < 1.29 is 8.78 Å². The van der Waals surface area contributed by atoms with Crippen molar-refractivity contribution in [1.82, 2.24) is 16.2 Å². The van der Waals surface area contributed by atoms with Crippen LogP contribution in [0, 0.1) is 11.6 Å². The Morgan fingerprint density at radius 1 is 1.10 bits per heavy atom. The molecule has 0 radical (unpaired) electrons. The molecule has 0 spiro atoms. The molecule has 1 aromatic carbocycles. The van der Waals surface area contributed by atoms with E-state index in [0.717, 1.165) is 12.8 Å². The van der Waals surface area contributed by atoms with Gasteiger partial charge in [0, 0.05) is 6.04 Å². The number of halogens is 2. The van der Waals surface area contributed by atoms with Crippen LogP contribution in [0.2, 0.25) is 0 Å². The predicted molar refractivity (Wildman–Crippen MR) is 84.3 cm³/mol. The summed E-state index contributed by atoms with van der Waals surface area (Å²) >= 11 is 5.16. The van der Waals surface area contributed by atoms with Crippen molar-refractivity contribution >= 4 is 23.0 Å². The molecule has 1 aromatic rings. The lowest BCUT2D eigenvalue weighted by Gasteiger charge is -2.24. The van der Waals surface area contributed by atoms with Gasteiger partial charge in [-0.15, -0.1) is 0 Å². The zero-order chi connectivity index (χ0) is 15.2. The predicted octanol–water partition coefficient (Wildman–Crippen LogP) is 3.24. The Morgan fingerprint density at radius 3 is 2.33 bits per heavy atom. The van der Waals surface area contributed by atoms with E-state index in [2.05, 4.69) is 22.7 Å². The SMILES string of the molecule is C=C(NNC(=S)NC1CCCCC1)c1c(F)cccc1F. The van der Waals surface area contributed by atoms with E-state index in [9.17, 15) is 8.78 Å². The Balaban J connectivity index is 1.84. The Hall–Kier alpha value is -1.69. The number of hydrogen-bond donors (Lipinski definition) is 3.